The molecule has 0 saturated carbocycles. The van der Waals surface area contributed by atoms with Crippen LogP contribution in [0.2, 0.25) is 0 Å². The number of nitrogens with zero attached hydrogens (tertiary/aromatic N) is 1. The van der Waals surface area contributed by atoms with E-state index in [4.69, 9.17) is 10.5 Å². The molecule has 136 valence electrons. The summed E-state index contributed by atoms with van der Waals surface area (Å²) in [5.41, 5.74) is 8.06. The van der Waals surface area contributed by atoms with Crippen LogP contribution in [0.5, 0.6) is 0 Å². The summed E-state index contributed by atoms with van der Waals surface area (Å²) in [5, 5.41) is 5.77. The van der Waals surface area contributed by atoms with Crippen LogP contribution >= 0.6 is 0 Å². The van der Waals surface area contributed by atoms with Crippen LogP contribution in [-0.2, 0) is 9.53 Å². The number of amides is 2. The van der Waals surface area contributed by atoms with Crippen molar-refractivity contribution in [3.63, 3.8) is 0 Å². The minimum absolute atomic E-state index is 0.0372. The Morgan fingerprint density at radius 1 is 1.04 bits per heavy atom. The highest BCUT2D eigenvalue weighted by Gasteiger charge is 2.12. The predicted octanol–water partition coefficient (Wildman–Crippen LogP) is 1.67. The summed E-state index contributed by atoms with van der Waals surface area (Å²) in [7, 11) is 0. The SMILES string of the molecule is NC(=O)c1ccccc1NCC(=O)Nc1ccc(N2CCOCC2)cc1. The first-order chi connectivity index (χ1) is 12.6. The molecule has 0 bridgehead atoms. The summed E-state index contributed by atoms with van der Waals surface area (Å²) in [4.78, 5) is 25.8. The van der Waals surface area contributed by atoms with Crippen LogP contribution in [0.15, 0.2) is 48.5 Å². The Labute approximate surface area is 152 Å². The number of hydrogen-bond acceptors (Lipinski definition) is 5. The molecule has 26 heavy (non-hydrogen) atoms. The second-order valence-electron chi connectivity index (χ2n) is 5.96. The van der Waals surface area contributed by atoms with E-state index in [1.807, 2.05) is 24.3 Å². The van der Waals surface area contributed by atoms with E-state index < -0.39 is 5.91 Å². The number of carbonyl (C=O) groups is 2. The minimum atomic E-state index is -0.535. The van der Waals surface area contributed by atoms with Gasteiger partial charge in [0.05, 0.1) is 25.3 Å². The van der Waals surface area contributed by atoms with Gasteiger partial charge in [0.2, 0.25) is 5.91 Å². The van der Waals surface area contributed by atoms with Crippen LogP contribution in [0, 0.1) is 0 Å². The molecule has 1 saturated heterocycles. The van der Waals surface area contributed by atoms with Crippen LogP contribution in [0.25, 0.3) is 0 Å². The molecule has 1 aliphatic heterocycles. The van der Waals surface area contributed by atoms with Crippen molar-refractivity contribution >= 4 is 28.9 Å². The molecule has 2 aromatic carbocycles. The number of hydrogen-bond donors (Lipinski definition) is 3. The smallest absolute Gasteiger partial charge is 0.250 e. The number of carbonyl (C=O) groups excluding carboxylic acids is 2. The highest BCUT2D eigenvalue weighted by Crippen LogP contribution is 2.19. The second kappa shape index (κ2) is 8.35. The van der Waals surface area contributed by atoms with E-state index in [-0.39, 0.29) is 12.5 Å². The standard InChI is InChI=1S/C19H22N4O3/c20-19(25)16-3-1-2-4-17(16)21-13-18(24)22-14-5-7-15(8-6-14)23-9-11-26-12-10-23/h1-8,21H,9-13H2,(H2,20,25)(H,22,24). The van der Waals surface area contributed by atoms with Crippen molar-refractivity contribution in [1.82, 2.24) is 0 Å². The molecule has 1 aliphatic rings. The van der Waals surface area contributed by atoms with Gasteiger partial charge in [-0.3, -0.25) is 9.59 Å². The molecule has 2 aromatic rings. The normalized spacial score (nSPS) is 13.9. The molecule has 1 heterocycles. The first kappa shape index (κ1) is 17.8. The third-order valence-electron chi connectivity index (χ3n) is 4.16. The van der Waals surface area contributed by atoms with E-state index >= 15 is 0 Å². The van der Waals surface area contributed by atoms with Crippen LogP contribution in [0.1, 0.15) is 10.4 Å². The summed E-state index contributed by atoms with van der Waals surface area (Å²) < 4.78 is 5.35. The van der Waals surface area contributed by atoms with Gasteiger partial charge < -0.3 is 26.0 Å². The van der Waals surface area contributed by atoms with Gasteiger partial charge in [-0.25, -0.2) is 0 Å². The van der Waals surface area contributed by atoms with E-state index in [0.29, 0.717) is 11.3 Å². The first-order valence-electron chi connectivity index (χ1n) is 8.49. The number of para-hydroxylation sites is 1. The van der Waals surface area contributed by atoms with E-state index in [0.717, 1.165) is 37.7 Å². The number of anilines is 3. The molecule has 1 fully saturated rings. The fraction of sp³-hybridized carbons (Fsp3) is 0.263. The molecular formula is C19H22N4O3. The van der Waals surface area contributed by atoms with Gasteiger partial charge in [0.15, 0.2) is 0 Å². The number of nitrogens with one attached hydrogen (secondary N) is 2. The molecule has 4 N–H and O–H groups in total. The number of benzene rings is 2. The van der Waals surface area contributed by atoms with E-state index in [1.165, 1.54) is 0 Å². The number of primary amides is 1. The summed E-state index contributed by atoms with van der Waals surface area (Å²) in [6.45, 7) is 3.24. The van der Waals surface area contributed by atoms with Crippen LogP contribution in [0.3, 0.4) is 0 Å². The Bertz CT molecular complexity index is 771. The maximum absolute atomic E-state index is 12.1. The molecule has 0 radical (unpaired) electrons. The van der Waals surface area contributed by atoms with Gasteiger partial charge in [-0.15, -0.1) is 0 Å². The zero-order valence-corrected chi connectivity index (χ0v) is 14.4. The lowest BCUT2D eigenvalue weighted by atomic mass is 10.1. The maximum atomic E-state index is 12.1. The van der Waals surface area contributed by atoms with Crippen molar-refractivity contribution in [3.05, 3.63) is 54.1 Å². The van der Waals surface area contributed by atoms with Gasteiger partial charge in [-0.2, -0.15) is 0 Å². The van der Waals surface area contributed by atoms with E-state index in [9.17, 15) is 9.59 Å². The Balaban J connectivity index is 1.54. The second-order valence-corrected chi connectivity index (χ2v) is 5.96. The van der Waals surface area contributed by atoms with Crippen molar-refractivity contribution in [3.8, 4) is 0 Å². The summed E-state index contributed by atoms with van der Waals surface area (Å²) >= 11 is 0. The fourth-order valence-electron chi connectivity index (χ4n) is 2.81. The number of ether oxygens (including phenoxy) is 1. The molecule has 0 aliphatic carbocycles. The van der Waals surface area contributed by atoms with Crippen molar-refractivity contribution in [2.75, 3.05) is 48.4 Å². The first-order valence-corrected chi connectivity index (χ1v) is 8.49. The largest absolute Gasteiger partial charge is 0.378 e. The topological polar surface area (TPSA) is 96.7 Å². The van der Waals surface area contributed by atoms with Gasteiger partial charge in [0.25, 0.3) is 5.91 Å². The lowest BCUT2D eigenvalue weighted by Gasteiger charge is -2.28. The third kappa shape index (κ3) is 4.52. The molecule has 7 nitrogen and oxygen atoms in total. The molecule has 0 aromatic heterocycles. The monoisotopic (exact) mass is 354 g/mol. The van der Waals surface area contributed by atoms with Crippen LogP contribution in [0.4, 0.5) is 17.1 Å². The van der Waals surface area contributed by atoms with Crippen molar-refractivity contribution < 1.29 is 14.3 Å². The molecule has 0 unspecified atom stereocenters. The average molecular weight is 354 g/mol. The molecular weight excluding hydrogens is 332 g/mol. The van der Waals surface area contributed by atoms with Crippen molar-refractivity contribution in [2.24, 2.45) is 5.73 Å². The van der Waals surface area contributed by atoms with Crippen molar-refractivity contribution in [2.45, 2.75) is 0 Å². The number of morpholine rings is 1. The number of rotatable bonds is 6. The van der Waals surface area contributed by atoms with Crippen molar-refractivity contribution in [1.29, 1.82) is 0 Å². The molecule has 3 rings (SSSR count). The van der Waals surface area contributed by atoms with Gasteiger partial charge >= 0.3 is 0 Å². The zero-order valence-electron chi connectivity index (χ0n) is 14.4. The lowest BCUT2D eigenvalue weighted by molar-refractivity contribution is -0.114. The minimum Gasteiger partial charge on any atom is -0.378 e. The predicted molar refractivity (Wildman–Crippen MR) is 102 cm³/mol. The zero-order chi connectivity index (χ0) is 18.4. The average Bonchev–Trinajstić information content (AvgIpc) is 2.68. The van der Waals surface area contributed by atoms with Gasteiger partial charge in [-0.05, 0) is 36.4 Å². The highest BCUT2D eigenvalue weighted by atomic mass is 16.5. The summed E-state index contributed by atoms with van der Waals surface area (Å²) in [5.74, 6) is -0.740. The van der Waals surface area contributed by atoms with Gasteiger partial charge in [-0.1, -0.05) is 12.1 Å². The lowest BCUT2D eigenvalue weighted by Crippen LogP contribution is -2.36. The summed E-state index contributed by atoms with van der Waals surface area (Å²) in [6.07, 6.45) is 0. The molecule has 0 atom stereocenters. The number of nitrogens with two attached hydrogens (primary N) is 1. The third-order valence-corrected chi connectivity index (χ3v) is 4.16. The molecule has 2 amide bonds. The Kier molecular flexibility index (Phi) is 5.70. The highest BCUT2D eigenvalue weighted by molar-refractivity contribution is 6.00. The maximum Gasteiger partial charge on any atom is 0.250 e. The molecule has 0 spiro atoms. The van der Waals surface area contributed by atoms with E-state index in [2.05, 4.69) is 15.5 Å². The Hall–Kier alpha value is -3.06. The molecule has 7 heteroatoms. The summed E-state index contributed by atoms with van der Waals surface area (Å²) in [6, 6.07) is 14.5. The van der Waals surface area contributed by atoms with Crippen LogP contribution < -0.4 is 21.3 Å². The van der Waals surface area contributed by atoms with Crippen LogP contribution in [-0.4, -0.2) is 44.7 Å². The van der Waals surface area contributed by atoms with E-state index in [1.54, 1.807) is 24.3 Å². The fourth-order valence-corrected chi connectivity index (χ4v) is 2.81. The van der Waals surface area contributed by atoms with Gasteiger partial charge in [0, 0.05) is 30.2 Å². The Morgan fingerprint density at radius 3 is 2.42 bits per heavy atom. The quantitative estimate of drug-likeness (QED) is 0.733. The van der Waals surface area contributed by atoms with Gasteiger partial charge in [0.1, 0.15) is 0 Å². The Morgan fingerprint density at radius 2 is 1.73 bits per heavy atom.